The molecule has 1 aliphatic carbocycles. The molecule has 8 heterocycles. The second-order valence-corrected chi connectivity index (χ2v) is 32.0. The number of aromatic nitrogens is 6. The maximum Gasteiger partial charge on any atom is 0.269 e. The average Bonchev–Trinajstić information content (AvgIpc) is 1.78. The van der Waals surface area contributed by atoms with Crippen molar-refractivity contribution in [1.29, 1.82) is 0 Å². The van der Waals surface area contributed by atoms with E-state index in [4.69, 9.17) is 18.9 Å². The van der Waals surface area contributed by atoms with E-state index >= 15 is 0 Å². The van der Waals surface area contributed by atoms with Crippen molar-refractivity contribution >= 4 is 47.8 Å². The fraction of sp³-hybridized carbons (Fsp3) is 0.333. The number of carbonyl (C=O) groups is 3. The summed E-state index contributed by atoms with van der Waals surface area (Å²) in [6, 6.07) is 32.6. The molecule has 4 N–H and O–H groups in total. The predicted octanol–water partition coefficient (Wildman–Crippen LogP) is 10.5. The van der Waals surface area contributed by atoms with E-state index < -0.39 is 58.9 Å². The number of nitrogens with zero attached hydrogens (tertiary/aromatic N) is 6. The maximum absolute atomic E-state index is 13.2. The molecule has 0 spiro atoms. The van der Waals surface area contributed by atoms with E-state index in [9.17, 15) is 44.7 Å². The minimum atomic E-state index is -4.18. The van der Waals surface area contributed by atoms with Gasteiger partial charge < -0.3 is 24.1 Å². The van der Waals surface area contributed by atoms with E-state index in [1.807, 2.05) is 121 Å². The molecule has 26 heteroatoms. The van der Waals surface area contributed by atoms with E-state index in [-0.39, 0.29) is 71.5 Å². The number of rotatable bonds is 3. The highest BCUT2D eigenvalue weighted by molar-refractivity contribution is 7.90. The number of ether oxygens (including phenoxy) is 4. The summed E-state index contributed by atoms with van der Waals surface area (Å²) in [5.41, 5.74) is 12.0. The third-order valence-electron chi connectivity index (χ3n) is 17.7. The lowest BCUT2D eigenvalue weighted by atomic mass is 9.87. The van der Waals surface area contributed by atoms with Crippen molar-refractivity contribution in [3.63, 3.8) is 0 Å². The van der Waals surface area contributed by atoms with Gasteiger partial charge >= 0.3 is 0 Å². The van der Waals surface area contributed by atoms with Gasteiger partial charge in [0.05, 0.1) is 61.3 Å². The number of aliphatic hydroxyl groups is 1. The van der Waals surface area contributed by atoms with Crippen LogP contribution in [0.5, 0.6) is 23.5 Å². The van der Waals surface area contributed by atoms with Crippen molar-refractivity contribution in [2.45, 2.75) is 151 Å². The molecule has 13 rings (SSSR count). The van der Waals surface area contributed by atoms with Crippen LogP contribution in [0.2, 0.25) is 0 Å². The van der Waals surface area contributed by atoms with Crippen molar-refractivity contribution in [2.24, 2.45) is 0 Å². The molecule has 0 unspecified atom stereocenters. The van der Waals surface area contributed by atoms with Crippen LogP contribution in [0.4, 0.5) is 0 Å². The van der Waals surface area contributed by atoms with Gasteiger partial charge in [0.2, 0.25) is 41.2 Å². The van der Waals surface area contributed by atoms with Gasteiger partial charge in [-0.2, -0.15) is 5.10 Å². The topological polar surface area (TPSA) is 316 Å². The van der Waals surface area contributed by atoms with Crippen LogP contribution in [0.15, 0.2) is 161 Å². The Kier molecular flexibility index (Phi) is 21.3. The first-order chi connectivity index (χ1) is 47.9. The molecule has 0 fully saturated rings. The Morgan fingerprint density at radius 3 is 1.75 bits per heavy atom. The van der Waals surface area contributed by atoms with Crippen molar-refractivity contribution in [3.05, 3.63) is 202 Å². The molecule has 4 aliphatic rings. The number of hydrogen-bond donors (Lipinski definition) is 4. The van der Waals surface area contributed by atoms with E-state index in [1.54, 1.807) is 38.5 Å². The molecule has 3 amide bonds. The summed E-state index contributed by atoms with van der Waals surface area (Å²) in [4.78, 5) is 55.7. The van der Waals surface area contributed by atoms with Crippen molar-refractivity contribution < 1.29 is 63.7 Å². The minimum absolute atomic E-state index is 0.0612. The van der Waals surface area contributed by atoms with Crippen molar-refractivity contribution in [3.8, 4) is 56.9 Å². The molecular formula is C75H81N9O14S3. The number of fused-ring (bicyclic) bond motifs is 19. The fourth-order valence-corrected chi connectivity index (χ4v) is 15.7. The third kappa shape index (κ3) is 17.1. The number of hydrogen-bond acceptors (Lipinski definition) is 19. The van der Waals surface area contributed by atoms with Crippen LogP contribution >= 0.6 is 0 Å². The van der Waals surface area contributed by atoms with E-state index in [0.717, 1.165) is 91.6 Å². The highest BCUT2D eigenvalue weighted by Crippen LogP contribution is 2.38. The highest BCUT2D eigenvalue weighted by Gasteiger charge is 2.32. The molecule has 5 aromatic heterocycles. The zero-order valence-electron chi connectivity index (χ0n) is 57.7. The predicted molar refractivity (Wildman–Crippen MR) is 379 cm³/mol. The number of carbonyl (C=O) groups excluding carboxylic acids is 3. The van der Waals surface area contributed by atoms with E-state index in [1.165, 1.54) is 53.1 Å². The van der Waals surface area contributed by atoms with Gasteiger partial charge in [0.1, 0.15) is 16.4 Å². The number of aryl methyl sites for hydroxylation is 2. The van der Waals surface area contributed by atoms with Gasteiger partial charge in [-0.05, 0) is 192 Å². The van der Waals surface area contributed by atoms with Gasteiger partial charge in [-0.3, -0.25) is 19.1 Å². The Morgan fingerprint density at radius 2 is 1.11 bits per heavy atom. The first kappa shape index (κ1) is 72.4. The first-order valence-corrected chi connectivity index (χ1v) is 37.7. The zero-order chi connectivity index (χ0) is 72.2. The molecule has 9 aromatic rings. The SMILES string of the molecule is CC(C)(O)c1cc2cc(c1)S(=O)(=O)NC(=O)Cc1c(ccc3c1CCC3)-c1ccnc(c1)OCC2.CC(C)c1cccc2c1CC(=O)NS(=O)(=O)c1cnn(c1)C(C)(C)COc1cc-2ccn1.Cc1cc2c(c(C(C)C)c1)CC(=O)NS(=O)(=O)c1cccnc1OCCCOc1cc-2ccn1. The van der Waals surface area contributed by atoms with Gasteiger partial charge in [0.25, 0.3) is 30.1 Å². The Balaban J connectivity index is 0.000000153. The summed E-state index contributed by atoms with van der Waals surface area (Å²) in [6.45, 7) is 18.1. The Bertz CT molecular complexity index is 5010. The number of amides is 3. The number of sulfonamides is 3. The Morgan fingerprint density at radius 1 is 0.535 bits per heavy atom. The largest absolute Gasteiger partial charge is 0.478 e. The lowest BCUT2D eigenvalue weighted by Gasteiger charge is -2.25. The average molecular weight is 1430 g/mol. The van der Waals surface area contributed by atoms with Gasteiger partial charge in [0.15, 0.2) is 0 Å². The van der Waals surface area contributed by atoms with Crippen molar-refractivity contribution in [2.75, 3.05) is 26.4 Å². The van der Waals surface area contributed by atoms with Gasteiger partial charge in [-0.25, -0.2) is 59.4 Å². The summed E-state index contributed by atoms with van der Waals surface area (Å²) in [7, 11) is -12.4. The first-order valence-electron chi connectivity index (χ1n) is 33.2. The van der Waals surface area contributed by atoms with Crippen LogP contribution in [-0.2, 0) is 94.1 Å². The second-order valence-electron chi connectivity index (χ2n) is 27.0. The van der Waals surface area contributed by atoms with Crippen molar-refractivity contribution in [1.82, 2.24) is 43.9 Å². The highest BCUT2D eigenvalue weighted by atomic mass is 32.2. The van der Waals surface area contributed by atoms with Crippen LogP contribution in [0, 0.1) is 6.92 Å². The molecule has 528 valence electrons. The minimum Gasteiger partial charge on any atom is -0.478 e. The lowest BCUT2D eigenvalue weighted by Crippen LogP contribution is -2.34. The fourth-order valence-electron chi connectivity index (χ4n) is 12.6. The van der Waals surface area contributed by atoms with Gasteiger partial charge in [-0.1, -0.05) is 81.8 Å². The standard InChI is InChI=1S/C27H28N2O5S.C25H27N3O5S.C23H26N4O4S/c1-27(2,31)20-12-17-9-11-34-26-14-19(8-10-28-26)23-7-6-18-4-3-5-22(18)24(23)16-25(30)29-35(32,33)21(13-17)15-20;1-16(2)19-12-17(3)13-20-18-7-9-26-24(14-18)32-10-5-11-33-25-22(6-4-8-27-25)34(30,31)28-23(29)15-21(19)20;1-15(2)18-6-5-7-19-16-8-9-24-22(10-16)31-14-23(3,4)27-13-17(12-25-27)32(29,30)26-21(28)11-20(18)19/h6-8,10,12-15,31H,3-5,9,11,16H2,1-2H3,(H,29,30);4,6-9,12-14,16H,5,10-11,15H2,1-3H3,(H,28,29);5-10,12-13,15H,11,14H2,1-4H3,(H,26,28). The van der Waals surface area contributed by atoms with Gasteiger partial charge in [0, 0.05) is 62.0 Å². The van der Waals surface area contributed by atoms with Crippen LogP contribution in [0.25, 0.3) is 33.4 Å². The summed E-state index contributed by atoms with van der Waals surface area (Å²) < 4.78 is 110. The Hall–Kier alpha value is -9.89. The molecule has 23 nitrogen and oxygen atoms in total. The molecule has 0 saturated heterocycles. The third-order valence-corrected chi connectivity index (χ3v) is 21.7. The zero-order valence-corrected chi connectivity index (χ0v) is 60.1. The smallest absolute Gasteiger partial charge is 0.269 e. The lowest BCUT2D eigenvalue weighted by molar-refractivity contribution is -0.119. The summed E-state index contributed by atoms with van der Waals surface area (Å²) >= 11 is 0. The quantitative estimate of drug-likeness (QED) is 0.128. The number of benzene rings is 4. The number of pyridine rings is 4. The van der Waals surface area contributed by atoms with Crippen LogP contribution in [0.1, 0.15) is 136 Å². The second kappa shape index (κ2) is 29.7. The molecule has 0 atom stereocenters. The van der Waals surface area contributed by atoms with E-state index in [0.29, 0.717) is 48.2 Å². The summed E-state index contributed by atoms with van der Waals surface area (Å²) in [5.74, 6) is -0.265. The molecule has 101 heavy (non-hydrogen) atoms. The maximum atomic E-state index is 13.2. The van der Waals surface area contributed by atoms with Crippen LogP contribution < -0.4 is 33.1 Å². The summed E-state index contributed by atoms with van der Waals surface area (Å²) in [5, 5.41) is 14.7. The van der Waals surface area contributed by atoms with Crippen LogP contribution in [0.3, 0.4) is 0 Å². The van der Waals surface area contributed by atoms with Gasteiger partial charge in [-0.15, -0.1) is 0 Å². The normalized spacial score (nSPS) is 16.9. The molecule has 3 aliphatic heterocycles. The summed E-state index contributed by atoms with van der Waals surface area (Å²) in [6.07, 6.45) is 12.5. The molecule has 4 aromatic carbocycles. The molecule has 0 saturated carbocycles. The molecule has 0 radical (unpaired) electrons. The number of nitrogens with one attached hydrogen (secondary N) is 3. The van der Waals surface area contributed by atoms with Crippen LogP contribution in [-0.4, -0.2) is 104 Å². The van der Waals surface area contributed by atoms with E-state index in [2.05, 4.69) is 45.3 Å². The monoisotopic (exact) mass is 1430 g/mol. The Labute approximate surface area is 588 Å². The molecule has 10 bridgehead atoms. The molecular weight excluding hydrogens is 1350 g/mol.